The molecule has 0 radical (unpaired) electrons. The zero-order valence-electron chi connectivity index (χ0n) is 13.2. The smallest absolute Gasteiger partial charge is 0.133 e. The SMILES string of the molecule is CCCNCc1cc(Br)cnc1N(CCOC)CCOC. The highest BCUT2D eigenvalue weighted by molar-refractivity contribution is 9.10. The number of rotatable bonds is 11. The molecule has 0 fully saturated rings. The van der Waals surface area contributed by atoms with E-state index in [0.717, 1.165) is 42.9 Å². The van der Waals surface area contributed by atoms with Gasteiger partial charge in [0, 0.05) is 50.1 Å². The van der Waals surface area contributed by atoms with Crippen LogP contribution < -0.4 is 10.2 Å². The predicted octanol–water partition coefficient (Wildman–Crippen LogP) is 2.44. The third-order valence-electron chi connectivity index (χ3n) is 3.08. The Hall–Kier alpha value is -0.690. The number of halogens is 1. The van der Waals surface area contributed by atoms with Crippen LogP contribution in [0.1, 0.15) is 18.9 Å². The van der Waals surface area contributed by atoms with Gasteiger partial charge in [-0.15, -0.1) is 0 Å². The van der Waals surface area contributed by atoms with Crippen molar-refractivity contribution >= 4 is 21.7 Å². The molecule has 0 spiro atoms. The zero-order valence-corrected chi connectivity index (χ0v) is 14.8. The van der Waals surface area contributed by atoms with Crippen molar-refractivity contribution in [2.75, 3.05) is 52.0 Å². The Morgan fingerprint density at radius 3 is 2.48 bits per heavy atom. The van der Waals surface area contributed by atoms with Crippen molar-refractivity contribution in [3.05, 3.63) is 22.3 Å². The van der Waals surface area contributed by atoms with Crippen LogP contribution in [0, 0.1) is 0 Å². The van der Waals surface area contributed by atoms with Crippen molar-refractivity contribution < 1.29 is 9.47 Å². The highest BCUT2D eigenvalue weighted by Gasteiger charge is 2.13. The van der Waals surface area contributed by atoms with Gasteiger partial charge >= 0.3 is 0 Å². The van der Waals surface area contributed by atoms with E-state index in [0.29, 0.717) is 13.2 Å². The van der Waals surface area contributed by atoms with Crippen LogP contribution in [0.2, 0.25) is 0 Å². The number of methoxy groups -OCH3 is 2. The van der Waals surface area contributed by atoms with Crippen LogP contribution in [0.5, 0.6) is 0 Å². The highest BCUT2D eigenvalue weighted by Crippen LogP contribution is 2.21. The molecule has 1 rings (SSSR count). The normalized spacial score (nSPS) is 10.9. The quantitative estimate of drug-likeness (QED) is 0.615. The summed E-state index contributed by atoms with van der Waals surface area (Å²) in [7, 11) is 3.43. The molecule has 1 N–H and O–H groups in total. The Morgan fingerprint density at radius 2 is 1.90 bits per heavy atom. The van der Waals surface area contributed by atoms with Crippen LogP contribution in [-0.4, -0.2) is 52.1 Å². The summed E-state index contributed by atoms with van der Waals surface area (Å²) in [6, 6.07) is 2.12. The van der Waals surface area contributed by atoms with E-state index in [1.54, 1.807) is 14.2 Å². The van der Waals surface area contributed by atoms with Gasteiger partial charge in [-0.25, -0.2) is 4.98 Å². The largest absolute Gasteiger partial charge is 0.383 e. The lowest BCUT2D eigenvalue weighted by Gasteiger charge is -2.25. The molecule has 1 aromatic rings. The van der Waals surface area contributed by atoms with E-state index in [2.05, 4.69) is 44.1 Å². The second-order valence-electron chi connectivity index (χ2n) is 4.79. The maximum absolute atomic E-state index is 5.20. The van der Waals surface area contributed by atoms with E-state index in [-0.39, 0.29) is 0 Å². The summed E-state index contributed by atoms with van der Waals surface area (Å²) in [6.45, 7) is 6.92. The second kappa shape index (κ2) is 11.0. The van der Waals surface area contributed by atoms with Crippen LogP contribution in [0.3, 0.4) is 0 Å². The summed E-state index contributed by atoms with van der Waals surface area (Å²) in [5, 5.41) is 3.44. The molecule has 5 nitrogen and oxygen atoms in total. The summed E-state index contributed by atoms with van der Waals surface area (Å²) >= 11 is 3.50. The topological polar surface area (TPSA) is 46.6 Å². The fourth-order valence-electron chi connectivity index (χ4n) is 2.02. The molecule has 0 atom stereocenters. The van der Waals surface area contributed by atoms with Crippen molar-refractivity contribution in [3.8, 4) is 0 Å². The second-order valence-corrected chi connectivity index (χ2v) is 5.70. The van der Waals surface area contributed by atoms with Gasteiger partial charge < -0.3 is 19.7 Å². The van der Waals surface area contributed by atoms with Gasteiger partial charge in [-0.2, -0.15) is 0 Å². The van der Waals surface area contributed by atoms with Gasteiger partial charge in [0.05, 0.1) is 13.2 Å². The molecule has 21 heavy (non-hydrogen) atoms. The van der Waals surface area contributed by atoms with Gasteiger partial charge in [0.15, 0.2) is 0 Å². The summed E-state index contributed by atoms with van der Waals surface area (Å²) in [4.78, 5) is 6.80. The van der Waals surface area contributed by atoms with Gasteiger partial charge in [0.25, 0.3) is 0 Å². The summed E-state index contributed by atoms with van der Waals surface area (Å²) in [5.41, 5.74) is 1.19. The third kappa shape index (κ3) is 6.74. The third-order valence-corrected chi connectivity index (χ3v) is 3.52. The Balaban J connectivity index is 2.87. The minimum absolute atomic E-state index is 0.670. The number of nitrogens with one attached hydrogen (secondary N) is 1. The lowest BCUT2D eigenvalue weighted by molar-refractivity contribution is 0.190. The first-order valence-electron chi connectivity index (χ1n) is 7.30. The number of anilines is 1. The Labute approximate surface area is 136 Å². The highest BCUT2D eigenvalue weighted by atomic mass is 79.9. The fourth-order valence-corrected chi connectivity index (χ4v) is 2.39. The predicted molar refractivity (Wildman–Crippen MR) is 89.9 cm³/mol. The molecule has 0 aliphatic carbocycles. The summed E-state index contributed by atoms with van der Waals surface area (Å²) < 4.78 is 11.4. The first-order valence-corrected chi connectivity index (χ1v) is 8.10. The van der Waals surface area contributed by atoms with Crippen LogP contribution in [0.25, 0.3) is 0 Å². The number of pyridine rings is 1. The van der Waals surface area contributed by atoms with E-state index in [1.807, 2.05) is 6.20 Å². The average molecular weight is 360 g/mol. The van der Waals surface area contributed by atoms with Crippen molar-refractivity contribution in [1.29, 1.82) is 0 Å². The molecule has 1 aromatic heterocycles. The molecule has 0 aliphatic rings. The van der Waals surface area contributed by atoms with Crippen molar-refractivity contribution in [2.45, 2.75) is 19.9 Å². The lowest BCUT2D eigenvalue weighted by atomic mass is 10.2. The fraction of sp³-hybridized carbons (Fsp3) is 0.667. The van der Waals surface area contributed by atoms with E-state index in [1.165, 1.54) is 5.56 Å². The molecule has 0 bridgehead atoms. The first-order chi connectivity index (χ1) is 10.2. The average Bonchev–Trinajstić information content (AvgIpc) is 2.49. The Kier molecular flexibility index (Phi) is 9.58. The lowest BCUT2D eigenvalue weighted by Crippen LogP contribution is -2.32. The van der Waals surface area contributed by atoms with Gasteiger partial charge in [0.1, 0.15) is 5.82 Å². The van der Waals surface area contributed by atoms with Gasteiger partial charge in [-0.3, -0.25) is 0 Å². The van der Waals surface area contributed by atoms with Crippen molar-refractivity contribution in [3.63, 3.8) is 0 Å². The molecular weight excluding hydrogens is 334 g/mol. The molecule has 0 aromatic carbocycles. The van der Waals surface area contributed by atoms with E-state index < -0.39 is 0 Å². The summed E-state index contributed by atoms with van der Waals surface area (Å²) in [5.74, 6) is 0.996. The minimum atomic E-state index is 0.670. The van der Waals surface area contributed by atoms with Crippen molar-refractivity contribution in [2.24, 2.45) is 0 Å². The van der Waals surface area contributed by atoms with Crippen LogP contribution in [0.4, 0.5) is 5.82 Å². The van der Waals surface area contributed by atoms with Gasteiger partial charge in [-0.05, 0) is 35.0 Å². The van der Waals surface area contributed by atoms with E-state index >= 15 is 0 Å². The molecule has 0 aliphatic heterocycles. The van der Waals surface area contributed by atoms with Crippen LogP contribution in [-0.2, 0) is 16.0 Å². The monoisotopic (exact) mass is 359 g/mol. The van der Waals surface area contributed by atoms with E-state index in [9.17, 15) is 0 Å². The van der Waals surface area contributed by atoms with Gasteiger partial charge in [-0.1, -0.05) is 6.92 Å². The molecule has 0 unspecified atom stereocenters. The maximum Gasteiger partial charge on any atom is 0.133 e. The Bertz CT molecular complexity index is 397. The molecule has 0 saturated carbocycles. The standard InChI is InChI=1S/C15H26BrN3O2/c1-4-5-17-11-13-10-14(16)12-18-15(13)19(6-8-20-2)7-9-21-3/h10,12,17H,4-9,11H2,1-3H3. The minimum Gasteiger partial charge on any atom is -0.383 e. The number of hydrogen-bond acceptors (Lipinski definition) is 5. The van der Waals surface area contributed by atoms with E-state index in [4.69, 9.17) is 9.47 Å². The first kappa shape index (κ1) is 18.4. The molecule has 1 heterocycles. The number of ether oxygens (including phenoxy) is 2. The number of aromatic nitrogens is 1. The zero-order chi connectivity index (χ0) is 15.5. The van der Waals surface area contributed by atoms with Crippen LogP contribution in [0.15, 0.2) is 16.7 Å². The van der Waals surface area contributed by atoms with Gasteiger partial charge in [0.2, 0.25) is 0 Å². The van der Waals surface area contributed by atoms with Crippen LogP contribution >= 0.6 is 15.9 Å². The Morgan fingerprint density at radius 1 is 1.24 bits per heavy atom. The van der Waals surface area contributed by atoms with Crippen molar-refractivity contribution in [1.82, 2.24) is 10.3 Å². The molecule has 6 heteroatoms. The summed E-state index contributed by atoms with van der Waals surface area (Å²) in [6.07, 6.45) is 2.96. The molecular formula is C15H26BrN3O2. The molecule has 0 amide bonds. The number of hydrogen-bond donors (Lipinski definition) is 1. The molecule has 0 saturated heterocycles. The number of nitrogens with zero attached hydrogens (tertiary/aromatic N) is 2. The molecule has 120 valence electrons. The maximum atomic E-state index is 5.20.